The lowest BCUT2D eigenvalue weighted by Gasteiger charge is -2.07. The summed E-state index contributed by atoms with van der Waals surface area (Å²) in [7, 11) is 0. The number of nitrogens with zero attached hydrogens (tertiary/aromatic N) is 1. The molecule has 4 rings (SSSR count). The van der Waals surface area contributed by atoms with Gasteiger partial charge in [-0.1, -0.05) is 59.6 Å². The molecule has 5 heteroatoms. The van der Waals surface area contributed by atoms with Gasteiger partial charge in [0.25, 0.3) is 0 Å². The van der Waals surface area contributed by atoms with E-state index in [1.54, 1.807) is 6.08 Å². The number of aliphatic imine (C=N–C) groups is 1. The average Bonchev–Trinajstić information content (AvgIpc) is 3.09. The fourth-order valence-corrected chi connectivity index (χ4v) is 3.10. The molecule has 0 amide bonds. The van der Waals surface area contributed by atoms with Crippen molar-refractivity contribution in [1.82, 2.24) is 0 Å². The highest BCUT2D eigenvalue weighted by Gasteiger charge is 2.24. The van der Waals surface area contributed by atoms with E-state index in [2.05, 4.69) is 4.99 Å². The lowest BCUT2D eigenvalue weighted by Crippen LogP contribution is -2.05. The molecule has 4 nitrogen and oxygen atoms in total. The number of cyclic esters (lactones) is 1. The Labute approximate surface area is 174 Å². The molecule has 0 radical (unpaired) electrons. The molecule has 3 aromatic carbocycles. The van der Waals surface area contributed by atoms with E-state index in [4.69, 9.17) is 21.1 Å². The SMILES string of the molecule is Cc1cccc(C2=NC(=Cc3ccc(OCc4ccccc4Cl)cc3)C(=O)O2)c1. The second kappa shape index (κ2) is 8.33. The largest absolute Gasteiger partial charge is 0.489 e. The number of benzene rings is 3. The molecule has 0 spiro atoms. The van der Waals surface area contributed by atoms with Crippen LogP contribution in [-0.4, -0.2) is 11.9 Å². The summed E-state index contributed by atoms with van der Waals surface area (Å²) in [6, 6.07) is 22.7. The smallest absolute Gasteiger partial charge is 0.363 e. The summed E-state index contributed by atoms with van der Waals surface area (Å²) >= 11 is 6.15. The quantitative estimate of drug-likeness (QED) is 0.413. The van der Waals surface area contributed by atoms with Crippen LogP contribution >= 0.6 is 11.6 Å². The van der Waals surface area contributed by atoms with Gasteiger partial charge in [0.05, 0.1) is 0 Å². The van der Waals surface area contributed by atoms with Crippen molar-refractivity contribution in [3.63, 3.8) is 0 Å². The zero-order chi connectivity index (χ0) is 20.2. The molecule has 1 aliphatic heterocycles. The summed E-state index contributed by atoms with van der Waals surface area (Å²) in [5.74, 6) is 0.579. The molecule has 1 aliphatic rings. The predicted octanol–water partition coefficient (Wildman–Crippen LogP) is 5.57. The first-order valence-corrected chi connectivity index (χ1v) is 9.52. The summed E-state index contributed by atoms with van der Waals surface area (Å²) in [6.07, 6.45) is 1.70. The Morgan fingerprint density at radius 1 is 1.03 bits per heavy atom. The minimum atomic E-state index is -0.458. The van der Waals surface area contributed by atoms with E-state index in [1.165, 1.54) is 0 Å². The van der Waals surface area contributed by atoms with Gasteiger partial charge in [0.1, 0.15) is 12.4 Å². The molecule has 0 saturated heterocycles. The number of carbonyl (C=O) groups is 1. The van der Waals surface area contributed by atoms with Crippen LogP contribution in [0, 0.1) is 6.92 Å². The molecule has 0 aliphatic carbocycles. The molecule has 29 heavy (non-hydrogen) atoms. The van der Waals surface area contributed by atoms with Crippen molar-refractivity contribution in [3.8, 4) is 5.75 Å². The molecule has 0 N–H and O–H groups in total. The minimum Gasteiger partial charge on any atom is -0.489 e. The first-order chi connectivity index (χ1) is 14.1. The number of hydrogen-bond acceptors (Lipinski definition) is 4. The van der Waals surface area contributed by atoms with Crippen LogP contribution in [0.4, 0.5) is 0 Å². The van der Waals surface area contributed by atoms with Gasteiger partial charge in [0, 0.05) is 16.1 Å². The molecule has 0 bridgehead atoms. The van der Waals surface area contributed by atoms with Crippen LogP contribution in [0.1, 0.15) is 22.3 Å². The monoisotopic (exact) mass is 403 g/mol. The second-order valence-electron chi connectivity index (χ2n) is 6.65. The molecule has 0 saturated carbocycles. The van der Waals surface area contributed by atoms with Crippen LogP contribution < -0.4 is 4.74 Å². The summed E-state index contributed by atoms with van der Waals surface area (Å²) in [5, 5.41) is 0.677. The van der Waals surface area contributed by atoms with Gasteiger partial charge in [-0.3, -0.25) is 0 Å². The van der Waals surface area contributed by atoms with Crippen molar-refractivity contribution in [2.24, 2.45) is 4.99 Å². The maximum absolute atomic E-state index is 12.2. The lowest BCUT2D eigenvalue weighted by atomic mass is 10.1. The van der Waals surface area contributed by atoms with Gasteiger partial charge in [-0.15, -0.1) is 0 Å². The summed E-state index contributed by atoms with van der Waals surface area (Å²) in [6.45, 7) is 2.36. The van der Waals surface area contributed by atoms with Gasteiger partial charge in [-0.25, -0.2) is 9.79 Å². The molecule has 0 unspecified atom stereocenters. The number of esters is 1. The molecule has 0 aromatic heterocycles. The number of aryl methyl sites for hydroxylation is 1. The summed E-state index contributed by atoms with van der Waals surface area (Å²) < 4.78 is 11.1. The van der Waals surface area contributed by atoms with Gasteiger partial charge >= 0.3 is 5.97 Å². The highest BCUT2D eigenvalue weighted by molar-refractivity contribution is 6.31. The first-order valence-electron chi connectivity index (χ1n) is 9.14. The van der Waals surface area contributed by atoms with Crippen molar-refractivity contribution in [1.29, 1.82) is 0 Å². The van der Waals surface area contributed by atoms with Crippen molar-refractivity contribution >= 4 is 29.5 Å². The van der Waals surface area contributed by atoms with Crippen LogP contribution in [-0.2, 0) is 16.1 Å². The molecule has 1 heterocycles. The standard InChI is InChI=1S/C24H18ClNO3/c1-16-5-4-7-18(13-16)23-26-22(24(27)29-23)14-17-9-11-20(12-10-17)28-15-19-6-2-3-8-21(19)25/h2-14H,15H2,1H3. The Balaban J connectivity index is 1.47. The Bertz CT molecular complexity index is 1120. The van der Waals surface area contributed by atoms with Crippen LogP contribution in [0.3, 0.4) is 0 Å². The van der Waals surface area contributed by atoms with Gasteiger partial charge in [-0.2, -0.15) is 0 Å². The van der Waals surface area contributed by atoms with Crippen LogP contribution in [0.5, 0.6) is 5.75 Å². The van der Waals surface area contributed by atoms with E-state index in [0.29, 0.717) is 23.3 Å². The van der Waals surface area contributed by atoms with E-state index >= 15 is 0 Å². The van der Waals surface area contributed by atoms with Crippen LogP contribution in [0.25, 0.3) is 6.08 Å². The molecular weight excluding hydrogens is 386 g/mol. The second-order valence-corrected chi connectivity index (χ2v) is 7.06. The topological polar surface area (TPSA) is 47.9 Å². The Kier molecular flexibility index (Phi) is 5.45. The third kappa shape index (κ3) is 4.55. The fourth-order valence-electron chi connectivity index (χ4n) is 2.91. The van der Waals surface area contributed by atoms with E-state index in [-0.39, 0.29) is 5.70 Å². The van der Waals surface area contributed by atoms with E-state index in [9.17, 15) is 4.79 Å². The molecule has 3 aromatic rings. The van der Waals surface area contributed by atoms with Crippen molar-refractivity contribution in [2.45, 2.75) is 13.5 Å². The first kappa shape index (κ1) is 19.0. The van der Waals surface area contributed by atoms with Crippen LogP contribution in [0.15, 0.2) is 83.5 Å². The number of rotatable bonds is 5. The molecule has 144 valence electrons. The number of hydrogen-bond donors (Lipinski definition) is 0. The van der Waals surface area contributed by atoms with Gasteiger partial charge in [0.15, 0.2) is 5.70 Å². The fraction of sp³-hybridized carbons (Fsp3) is 0.0833. The average molecular weight is 404 g/mol. The van der Waals surface area contributed by atoms with Crippen molar-refractivity contribution < 1.29 is 14.3 Å². The number of ether oxygens (including phenoxy) is 2. The zero-order valence-corrected chi connectivity index (χ0v) is 16.5. The van der Waals surface area contributed by atoms with Gasteiger partial charge in [-0.05, 0) is 48.9 Å². The van der Waals surface area contributed by atoms with E-state index < -0.39 is 5.97 Å². The molecule has 0 atom stereocenters. The van der Waals surface area contributed by atoms with Crippen molar-refractivity contribution in [2.75, 3.05) is 0 Å². The highest BCUT2D eigenvalue weighted by Crippen LogP contribution is 2.22. The zero-order valence-electron chi connectivity index (χ0n) is 15.8. The summed E-state index contributed by atoms with van der Waals surface area (Å²) in [5.41, 5.74) is 3.88. The number of halogens is 1. The van der Waals surface area contributed by atoms with Crippen LogP contribution in [0.2, 0.25) is 5.02 Å². The van der Waals surface area contributed by atoms with Gasteiger partial charge in [0.2, 0.25) is 5.90 Å². The Morgan fingerprint density at radius 3 is 2.59 bits per heavy atom. The Morgan fingerprint density at radius 2 is 1.83 bits per heavy atom. The maximum Gasteiger partial charge on any atom is 0.363 e. The molecular formula is C24H18ClNO3. The minimum absolute atomic E-state index is 0.270. The number of carbonyl (C=O) groups excluding carboxylic acids is 1. The molecule has 0 fully saturated rings. The summed E-state index contributed by atoms with van der Waals surface area (Å²) in [4.78, 5) is 16.5. The lowest BCUT2D eigenvalue weighted by molar-refractivity contribution is -0.129. The third-order valence-corrected chi connectivity index (χ3v) is 4.79. The highest BCUT2D eigenvalue weighted by atomic mass is 35.5. The third-order valence-electron chi connectivity index (χ3n) is 4.42. The maximum atomic E-state index is 12.2. The normalized spacial score (nSPS) is 14.6. The van der Waals surface area contributed by atoms with Crippen molar-refractivity contribution in [3.05, 3.63) is 106 Å². The predicted molar refractivity (Wildman–Crippen MR) is 114 cm³/mol. The Hall–Kier alpha value is -3.37. The van der Waals surface area contributed by atoms with E-state index in [1.807, 2.05) is 79.7 Å². The van der Waals surface area contributed by atoms with Gasteiger partial charge < -0.3 is 9.47 Å². The van der Waals surface area contributed by atoms with E-state index in [0.717, 1.165) is 22.3 Å².